The lowest BCUT2D eigenvalue weighted by molar-refractivity contribution is 0.0655. The van der Waals surface area contributed by atoms with Gasteiger partial charge in [-0.1, -0.05) is 24.3 Å². The largest absolute Gasteiger partial charge is 0.381 e. The van der Waals surface area contributed by atoms with E-state index in [1.807, 2.05) is 12.1 Å². The zero-order valence-corrected chi connectivity index (χ0v) is 21.0. The molecule has 0 aliphatic carbocycles. The van der Waals surface area contributed by atoms with Gasteiger partial charge in [0.2, 0.25) is 5.95 Å². The molecule has 2 aliphatic heterocycles. The maximum absolute atomic E-state index is 14.9. The van der Waals surface area contributed by atoms with Gasteiger partial charge in [-0.25, -0.2) is 19.5 Å². The Hall–Kier alpha value is -4.18. The van der Waals surface area contributed by atoms with Crippen molar-refractivity contribution in [3.05, 3.63) is 92.9 Å². The molecule has 194 valence electrons. The number of benzene rings is 2. The summed E-state index contributed by atoms with van der Waals surface area (Å²) < 4.78 is 20.3. The number of rotatable bonds is 5. The number of halogens is 1. The fourth-order valence-corrected chi connectivity index (χ4v) is 5.09. The van der Waals surface area contributed by atoms with Gasteiger partial charge in [-0.15, -0.1) is 0 Å². The van der Waals surface area contributed by atoms with Crippen molar-refractivity contribution >= 4 is 22.6 Å². The topological polar surface area (TPSA) is 113 Å². The first-order chi connectivity index (χ1) is 18.4. The van der Waals surface area contributed by atoms with Crippen molar-refractivity contribution in [3.63, 3.8) is 0 Å². The third-order valence-electron chi connectivity index (χ3n) is 7.36. The molecule has 0 bridgehead atoms. The molecule has 0 spiro atoms. The van der Waals surface area contributed by atoms with Crippen molar-refractivity contribution in [1.82, 2.24) is 25.1 Å². The average molecular weight is 515 g/mol. The molecule has 10 heteroatoms. The third kappa shape index (κ3) is 4.63. The summed E-state index contributed by atoms with van der Waals surface area (Å²) in [5, 5.41) is 11.4. The summed E-state index contributed by atoms with van der Waals surface area (Å²) >= 11 is 0. The molecule has 38 heavy (non-hydrogen) atoms. The van der Waals surface area contributed by atoms with Gasteiger partial charge in [0.15, 0.2) is 0 Å². The number of anilines is 1. The highest BCUT2D eigenvalue weighted by Gasteiger charge is 2.31. The van der Waals surface area contributed by atoms with E-state index in [4.69, 9.17) is 4.74 Å². The van der Waals surface area contributed by atoms with Crippen LogP contribution in [0, 0.1) is 5.82 Å². The molecule has 4 aromatic rings. The van der Waals surface area contributed by atoms with Crippen LogP contribution in [0.2, 0.25) is 0 Å². The number of aromatic nitrogens is 4. The van der Waals surface area contributed by atoms with E-state index in [-0.39, 0.29) is 23.2 Å². The van der Waals surface area contributed by atoms with Crippen molar-refractivity contribution < 1.29 is 13.9 Å². The summed E-state index contributed by atoms with van der Waals surface area (Å²) in [5.74, 6) is -0.473. The quantitative estimate of drug-likeness (QED) is 0.419. The molecule has 1 saturated heterocycles. The first-order valence-corrected chi connectivity index (χ1v) is 12.6. The Morgan fingerprint density at radius 2 is 1.95 bits per heavy atom. The van der Waals surface area contributed by atoms with Crippen LogP contribution in [0.1, 0.15) is 52.6 Å². The smallest absolute Gasteiger partial charge is 0.272 e. The number of H-pyrrole nitrogens is 1. The van der Waals surface area contributed by atoms with Crippen molar-refractivity contribution in [3.8, 4) is 0 Å². The third-order valence-corrected chi connectivity index (χ3v) is 7.36. The van der Waals surface area contributed by atoms with Crippen LogP contribution in [0.15, 0.2) is 53.5 Å². The minimum absolute atomic E-state index is 0.00920. The number of hydrogen-bond acceptors (Lipinski definition) is 7. The molecule has 0 saturated carbocycles. The minimum atomic E-state index is -0.588. The van der Waals surface area contributed by atoms with E-state index in [1.165, 1.54) is 6.07 Å². The first-order valence-electron chi connectivity index (χ1n) is 12.6. The van der Waals surface area contributed by atoms with Crippen LogP contribution in [-0.4, -0.2) is 49.7 Å². The highest BCUT2D eigenvalue weighted by Crippen LogP contribution is 2.28. The average Bonchev–Trinajstić information content (AvgIpc) is 3.35. The predicted octanol–water partition coefficient (Wildman–Crippen LogP) is 3.58. The van der Waals surface area contributed by atoms with Crippen LogP contribution in [-0.2, 0) is 24.2 Å². The number of aromatic amines is 1. The predicted molar refractivity (Wildman–Crippen MR) is 139 cm³/mol. The maximum atomic E-state index is 14.9. The Kier molecular flexibility index (Phi) is 6.11. The number of ether oxygens (including phenoxy) is 1. The van der Waals surface area contributed by atoms with Crippen LogP contribution in [0.3, 0.4) is 0 Å². The van der Waals surface area contributed by atoms with Crippen LogP contribution in [0.5, 0.6) is 0 Å². The van der Waals surface area contributed by atoms with E-state index in [2.05, 4.69) is 32.4 Å². The molecule has 0 unspecified atom stereocenters. The molecule has 1 amide bonds. The van der Waals surface area contributed by atoms with E-state index in [0.717, 1.165) is 29.5 Å². The van der Waals surface area contributed by atoms with Gasteiger partial charge < -0.3 is 15.0 Å². The van der Waals surface area contributed by atoms with Gasteiger partial charge in [0.1, 0.15) is 5.82 Å². The van der Waals surface area contributed by atoms with Gasteiger partial charge in [-0.3, -0.25) is 9.59 Å². The lowest BCUT2D eigenvalue weighted by atomic mass is 9.93. The standard InChI is InChI=1S/C28H27FN6O3/c1-28(8-10-38-11-9-28)32-27-30-14-18-15-35(16-24(18)31-27)26(37)21-12-17(6-7-22(21)29)13-23-19-4-2-3-5-20(19)25(36)34-33-23/h2-7,12,14H,8-11,13,15-16H2,1H3,(H,34,36)(H,30,31,32). The zero-order chi connectivity index (χ0) is 26.3. The summed E-state index contributed by atoms with van der Waals surface area (Å²) in [4.78, 5) is 36.2. The molecule has 4 heterocycles. The van der Waals surface area contributed by atoms with Gasteiger partial charge >= 0.3 is 0 Å². The number of carbonyl (C=O) groups is 1. The highest BCUT2D eigenvalue weighted by atomic mass is 19.1. The second-order valence-electron chi connectivity index (χ2n) is 10.2. The number of nitrogens with zero attached hydrogens (tertiary/aromatic N) is 4. The van der Waals surface area contributed by atoms with E-state index in [9.17, 15) is 14.0 Å². The number of carbonyl (C=O) groups excluding carboxylic acids is 1. The molecule has 2 aliphatic rings. The Morgan fingerprint density at radius 3 is 2.76 bits per heavy atom. The number of nitrogens with one attached hydrogen (secondary N) is 2. The second-order valence-corrected chi connectivity index (χ2v) is 10.2. The summed E-state index contributed by atoms with van der Waals surface area (Å²) in [6.07, 6.45) is 3.79. The number of fused-ring (bicyclic) bond motifs is 2. The Labute approximate surface area is 218 Å². The summed E-state index contributed by atoms with van der Waals surface area (Å²) in [5.41, 5.74) is 2.55. The fourth-order valence-electron chi connectivity index (χ4n) is 5.09. The van der Waals surface area contributed by atoms with E-state index in [1.54, 1.807) is 35.4 Å². The molecule has 2 N–H and O–H groups in total. The maximum Gasteiger partial charge on any atom is 0.272 e. The van der Waals surface area contributed by atoms with Crippen LogP contribution >= 0.6 is 0 Å². The molecule has 0 radical (unpaired) electrons. The zero-order valence-electron chi connectivity index (χ0n) is 21.0. The fraction of sp³-hybridized carbons (Fsp3) is 0.321. The van der Waals surface area contributed by atoms with Gasteiger partial charge in [0.05, 0.1) is 28.9 Å². The Morgan fingerprint density at radius 1 is 1.16 bits per heavy atom. The molecule has 9 nitrogen and oxygen atoms in total. The van der Waals surface area contributed by atoms with Gasteiger partial charge in [-0.2, -0.15) is 5.10 Å². The minimum Gasteiger partial charge on any atom is -0.381 e. The summed E-state index contributed by atoms with van der Waals surface area (Å²) in [7, 11) is 0. The summed E-state index contributed by atoms with van der Waals surface area (Å²) in [6.45, 7) is 4.10. The Bertz CT molecular complexity index is 1600. The Balaban J connectivity index is 1.21. The molecule has 2 aromatic heterocycles. The second kappa shape index (κ2) is 9.60. The highest BCUT2D eigenvalue weighted by molar-refractivity contribution is 5.95. The van der Waals surface area contributed by atoms with Crippen LogP contribution in [0.25, 0.3) is 10.8 Å². The normalized spacial score (nSPS) is 16.4. The monoisotopic (exact) mass is 514 g/mol. The van der Waals surface area contributed by atoms with Crippen LogP contribution in [0.4, 0.5) is 10.3 Å². The van der Waals surface area contributed by atoms with Gasteiger partial charge in [-0.05, 0) is 43.5 Å². The van der Waals surface area contributed by atoms with E-state index in [0.29, 0.717) is 48.8 Å². The molecule has 6 rings (SSSR count). The lowest BCUT2D eigenvalue weighted by Crippen LogP contribution is -2.41. The van der Waals surface area contributed by atoms with E-state index < -0.39 is 11.7 Å². The summed E-state index contributed by atoms with van der Waals surface area (Å²) in [6, 6.07) is 11.7. The number of amides is 1. The van der Waals surface area contributed by atoms with Crippen molar-refractivity contribution in [1.29, 1.82) is 0 Å². The molecule has 1 fully saturated rings. The van der Waals surface area contributed by atoms with Crippen molar-refractivity contribution in [2.45, 2.75) is 44.8 Å². The molecular formula is C28H27FN6O3. The molecular weight excluding hydrogens is 487 g/mol. The van der Waals surface area contributed by atoms with Crippen LogP contribution < -0.4 is 10.9 Å². The molecule has 2 aromatic carbocycles. The number of hydrogen-bond donors (Lipinski definition) is 2. The van der Waals surface area contributed by atoms with Gasteiger partial charge in [0.25, 0.3) is 11.5 Å². The van der Waals surface area contributed by atoms with E-state index >= 15 is 0 Å². The molecule has 0 atom stereocenters. The van der Waals surface area contributed by atoms with Crippen molar-refractivity contribution in [2.24, 2.45) is 0 Å². The van der Waals surface area contributed by atoms with Crippen molar-refractivity contribution in [2.75, 3.05) is 18.5 Å². The lowest BCUT2D eigenvalue weighted by Gasteiger charge is -2.34. The van der Waals surface area contributed by atoms with Gasteiger partial charge in [0, 0.05) is 48.9 Å². The first kappa shape index (κ1) is 24.2. The SMILES string of the molecule is CC1(Nc2ncc3c(n2)CN(C(=O)c2cc(Cc4n[nH]c(=O)c5ccccc45)ccc2F)C3)CCOCC1.